The van der Waals surface area contributed by atoms with Crippen molar-refractivity contribution in [3.63, 3.8) is 0 Å². The highest BCUT2D eigenvalue weighted by Gasteiger charge is 2.16. The van der Waals surface area contributed by atoms with Crippen molar-refractivity contribution in [2.45, 2.75) is 38.8 Å². The van der Waals surface area contributed by atoms with E-state index in [1.165, 1.54) is 44.3 Å². The molecule has 0 N–H and O–H groups in total. The van der Waals surface area contributed by atoms with Crippen molar-refractivity contribution in [3.05, 3.63) is 54.4 Å². The molecule has 1 saturated heterocycles. The van der Waals surface area contributed by atoms with Crippen LogP contribution in [0.5, 0.6) is 11.5 Å². The van der Waals surface area contributed by atoms with Crippen molar-refractivity contribution in [1.29, 1.82) is 0 Å². The smallest absolute Gasteiger partial charge is 0.161 e. The predicted octanol–water partition coefficient (Wildman–Crippen LogP) is 4.50. The predicted molar refractivity (Wildman–Crippen MR) is 112 cm³/mol. The molecular formula is C23H29N3O2. The summed E-state index contributed by atoms with van der Waals surface area (Å²) in [4.78, 5) is 7.49. The maximum absolute atomic E-state index is 6.03. The number of hydrogen-bond donors (Lipinski definition) is 0. The summed E-state index contributed by atoms with van der Waals surface area (Å²) in [5.41, 5.74) is 2.24. The molecule has 0 amide bonds. The van der Waals surface area contributed by atoms with Gasteiger partial charge in [-0.05, 0) is 50.2 Å². The van der Waals surface area contributed by atoms with Gasteiger partial charge in [-0.2, -0.15) is 0 Å². The molecule has 0 radical (unpaired) electrons. The average molecular weight is 380 g/mol. The third kappa shape index (κ3) is 4.30. The van der Waals surface area contributed by atoms with E-state index in [2.05, 4.69) is 33.7 Å². The van der Waals surface area contributed by atoms with Crippen LogP contribution in [-0.4, -0.2) is 41.3 Å². The molecule has 1 aromatic heterocycles. The van der Waals surface area contributed by atoms with Gasteiger partial charge in [0, 0.05) is 0 Å². The lowest BCUT2D eigenvalue weighted by Gasteiger charge is -2.20. The second kappa shape index (κ2) is 9.11. The molecule has 0 aliphatic carbocycles. The second-order valence-electron chi connectivity index (χ2n) is 7.36. The van der Waals surface area contributed by atoms with E-state index in [1.807, 2.05) is 24.3 Å². The molecule has 5 nitrogen and oxygen atoms in total. The summed E-state index contributed by atoms with van der Waals surface area (Å²) in [6.45, 7) is 4.58. The molecule has 4 rings (SSSR count). The van der Waals surface area contributed by atoms with E-state index < -0.39 is 0 Å². The summed E-state index contributed by atoms with van der Waals surface area (Å²) in [6, 6.07) is 16.2. The van der Waals surface area contributed by atoms with Crippen molar-refractivity contribution >= 4 is 11.0 Å². The Bertz CT molecular complexity index is 898. The van der Waals surface area contributed by atoms with Crippen LogP contribution in [0.1, 0.15) is 31.5 Å². The Morgan fingerprint density at radius 1 is 0.893 bits per heavy atom. The fraction of sp³-hybridized carbons (Fsp3) is 0.435. The zero-order chi connectivity index (χ0) is 19.2. The van der Waals surface area contributed by atoms with Crippen LogP contribution in [0.3, 0.4) is 0 Å². The molecule has 0 bridgehead atoms. The number of fused-ring (bicyclic) bond motifs is 1. The molecule has 3 aromatic rings. The maximum Gasteiger partial charge on any atom is 0.161 e. The minimum atomic E-state index is 0.577. The molecule has 0 unspecified atom stereocenters. The largest absolute Gasteiger partial charge is 0.493 e. The maximum atomic E-state index is 6.03. The Labute approximate surface area is 166 Å². The van der Waals surface area contributed by atoms with Gasteiger partial charge in [0.2, 0.25) is 0 Å². The van der Waals surface area contributed by atoms with Gasteiger partial charge in [-0.15, -0.1) is 0 Å². The third-order valence-electron chi connectivity index (χ3n) is 5.44. The van der Waals surface area contributed by atoms with Crippen LogP contribution in [0, 0.1) is 0 Å². The molecule has 1 aliphatic heterocycles. The lowest BCUT2D eigenvalue weighted by molar-refractivity contribution is 0.255. The van der Waals surface area contributed by atoms with E-state index in [0.29, 0.717) is 6.61 Å². The van der Waals surface area contributed by atoms with E-state index in [0.717, 1.165) is 35.9 Å². The highest BCUT2D eigenvalue weighted by molar-refractivity contribution is 5.75. The first kappa shape index (κ1) is 18.8. The molecular weight excluding hydrogens is 350 g/mol. The Morgan fingerprint density at radius 3 is 2.39 bits per heavy atom. The first-order chi connectivity index (χ1) is 13.8. The van der Waals surface area contributed by atoms with Crippen LogP contribution >= 0.6 is 0 Å². The van der Waals surface area contributed by atoms with Gasteiger partial charge in [-0.3, -0.25) is 4.90 Å². The zero-order valence-corrected chi connectivity index (χ0v) is 16.6. The Hall–Kier alpha value is -2.53. The van der Waals surface area contributed by atoms with Gasteiger partial charge in [0.15, 0.2) is 11.5 Å². The lowest BCUT2D eigenvalue weighted by Crippen LogP contribution is -2.26. The van der Waals surface area contributed by atoms with E-state index in [1.54, 1.807) is 7.11 Å². The van der Waals surface area contributed by atoms with E-state index in [4.69, 9.17) is 14.5 Å². The first-order valence-electron chi connectivity index (χ1n) is 10.3. The highest BCUT2D eigenvalue weighted by atomic mass is 16.5. The Balaban J connectivity index is 1.51. The standard InChI is InChI=1S/C23H29N3O2/c1-27-21-12-6-7-13-22(21)28-17-16-26-20-11-5-4-10-19(20)24-23(26)18-25-14-8-2-3-9-15-25/h4-7,10-13H,2-3,8-9,14-18H2,1H3. The average Bonchev–Trinajstić information content (AvgIpc) is 2.89. The van der Waals surface area contributed by atoms with E-state index in [-0.39, 0.29) is 0 Å². The van der Waals surface area contributed by atoms with Gasteiger partial charge in [0.05, 0.1) is 31.2 Å². The number of benzene rings is 2. The molecule has 2 heterocycles. The lowest BCUT2D eigenvalue weighted by atomic mass is 10.2. The number of para-hydroxylation sites is 4. The van der Waals surface area contributed by atoms with Gasteiger partial charge < -0.3 is 14.0 Å². The normalized spacial score (nSPS) is 15.5. The van der Waals surface area contributed by atoms with Crippen LogP contribution < -0.4 is 9.47 Å². The topological polar surface area (TPSA) is 39.5 Å². The van der Waals surface area contributed by atoms with Crippen molar-refractivity contribution < 1.29 is 9.47 Å². The summed E-state index contributed by atoms with van der Waals surface area (Å²) in [7, 11) is 1.67. The fourth-order valence-corrected chi connectivity index (χ4v) is 3.97. The number of methoxy groups -OCH3 is 1. The molecule has 0 spiro atoms. The van der Waals surface area contributed by atoms with Crippen molar-refractivity contribution in [3.8, 4) is 11.5 Å². The van der Waals surface area contributed by atoms with Gasteiger partial charge in [-0.25, -0.2) is 4.98 Å². The fourth-order valence-electron chi connectivity index (χ4n) is 3.97. The molecule has 28 heavy (non-hydrogen) atoms. The first-order valence-corrected chi connectivity index (χ1v) is 10.3. The van der Waals surface area contributed by atoms with Crippen LogP contribution in [0.15, 0.2) is 48.5 Å². The number of aromatic nitrogens is 2. The van der Waals surface area contributed by atoms with Crippen molar-refractivity contribution in [2.24, 2.45) is 0 Å². The van der Waals surface area contributed by atoms with Gasteiger partial charge in [0.1, 0.15) is 12.4 Å². The van der Waals surface area contributed by atoms with Crippen LogP contribution in [-0.2, 0) is 13.1 Å². The van der Waals surface area contributed by atoms with Crippen molar-refractivity contribution in [2.75, 3.05) is 26.8 Å². The van der Waals surface area contributed by atoms with E-state index in [9.17, 15) is 0 Å². The molecule has 0 atom stereocenters. The third-order valence-corrected chi connectivity index (χ3v) is 5.44. The van der Waals surface area contributed by atoms with Gasteiger partial charge in [-0.1, -0.05) is 37.1 Å². The summed E-state index contributed by atoms with van der Waals surface area (Å²) < 4.78 is 13.7. The number of nitrogens with zero attached hydrogens (tertiary/aromatic N) is 3. The molecule has 1 aliphatic rings. The SMILES string of the molecule is COc1ccccc1OCCn1c(CN2CCCCCC2)nc2ccccc21. The van der Waals surface area contributed by atoms with Gasteiger partial charge >= 0.3 is 0 Å². The number of rotatable bonds is 7. The highest BCUT2D eigenvalue weighted by Crippen LogP contribution is 2.26. The molecule has 5 heteroatoms. The zero-order valence-electron chi connectivity index (χ0n) is 16.6. The van der Waals surface area contributed by atoms with Crippen LogP contribution in [0.4, 0.5) is 0 Å². The molecule has 148 valence electrons. The summed E-state index contributed by atoms with van der Waals surface area (Å²) in [6.07, 6.45) is 5.27. The Morgan fingerprint density at radius 2 is 1.61 bits per heavy atom. The molecule has 1 fully saturated rings. The molecule has 2 aromatic carbocycles. The molecule has 0 saturated carbocycles. The number of imidazole rings is 1. The van der Waals surface area contributed by atoms with Crippen molar-refractivity contribution in [1.82, 2.24) is 14.5 Å². The summed E-state index contributed by atoms with van der Waals surface area (Å²) in [5.74, 6) is 2.68. The minimum Gasteiger partial charge on any atom is -0.493 e. The number of hydrogen-bond acceptors (Lipinski definition) is 4. The summed E-state index contributed by atoms with van der Waals surface area (Å²) in [5, 5.41) is 0. The van der Waals surface area contributed by atoms with E-state index >= 15 is 0 Å². The quantitative estimate of drug-likeness (QED) is 0.606. The monoisotopic (exact) mass is 379 g/mol. The number of ether oxygens (including phenoxy) is 2. The minimum absolute atomic E-state index is 0.577. The van der Waals surface area contributed by atoms with Crippen LogP contribution in [0.2, 0.25) is 0 Å². The Kier molecular flexibility index (Phi) is 6.12. The second-order valence-corrected chi connectivity index (χ2v) is 7.36. The van der Waals surface area contributed by atoms with Gasteiger partial charge in [0.25, 0.3) is 0 Å². The van der Waals surface area contributed by atoms with Crippen LogP contribution in [0.25, 0.3) is 11.0 Å². The number of likely N-dealkylation sites (tertiary alicyclic amines) is 1. The summed E-state index contributed by atoms with van der Waals surface area (Å²) >= 11 is 0.